The van der Waals surface area contributed by atoms with Crippen molar-refractivity contribution in [3.8, 4) is 44.5 Å². The SMILES string of the molecule is [2H]c1c([2H])c(N(c2ccc(-c3ccccc3)cc2)c2ccc(-c3ccc(-c4ccccc4)cc3)cc2)c2c(oc3c4c([2H])c([2H])c([2H])c([2H])c4c(-c4ccccc4)c([2H])c32)c1[2H]. The highest BCUT2D eigenvalue weighted by Gasteiger charge is 2.22. The summed E-state index contributed by atoms with van der Waals surface area (Å²) in [5.74, 6) is 0. The molecule has 0 N–H and O–H groups in total. The summed E-state index contributed by atoms with van der Waals surface area (Å²) in [4.78, 5) is 1.85. The summed E-state index contributed by atoms with van der Waals surface area (Å²) in [7, 11) is 0. The highest BCUT2D eigenvalue weighted by atomic mass is 16.3. The van der Waals surface area contributed by atoms with E-state index in [1.807, 2.05) is 108 Å². The molecule has 2 heteroatoms. The Bertz CT molecular complexity index is 3340. The first kappa shape index (κ1) is 24.2. The first-order valence-electron chi connectivity index (χ1n) is 21.8. The molecule has 0 fully saturated rings. The summed E-state index contributed by atoms with van der Waals surface area (Å²) >= 11 is 0. The molecule has 0 unspecified atom stereocenters. The number of hydrogen-bond donors (Lipinski definition) is 0. The van der Waals surface area contributed by atoms with Crippen LogP contribution in [0.25, 0.3) is 77.2 Å². The minimum absolute atomic E-state index is 0.0138. The third kappa shape index (κ3) is 5.62. The zero-order chi connectivity index (χ0) is 42.8. The molecule has 0 aliphatic carbocycles. The van der Waals surface area contributed by atoms with Gasteiger partial charge in [0.15, 0.2) is 0 Å². The fourth-order valence-electron chi connectivity index (χ4n) is 7.23. The lowest BCUT2D eigenvalue weighted by atomic mass is 9.95. The fourth-order valence-corrected chi connectivity index (χ4v) is 7.23. The number of fused-ring (bicyclic) bond motifs is 5. The summed E-state index contributed by atoms with van der Waals surface area (Å²) in [5.41, 5.74) is 8.41. The number of benzene rings is 9. The van der Waals surface area contributed by atoms with Crippen LogP contribution < -0.4 is 4.90 Å². The topological polar surface area (TPSA) is 16.4 Å². The van der Waals surface area contributed by atoms with E-state index in [1.165, 1.54) is 0 Å². The largest absolute Gasteiger partial charge is 0.455 e. The lowest BCUT2D eigenvalue weighted by Gasteiger charge is -2.26. The van der Waals surface area contributed by atoms with Crippen molar-refractivity contribution in [2.75, 3.05) is 4.90 Å². The molecule has 0 radical (unpaired) electrons. The lowest BCUT2D eigenvalue weighted by molar-refractivity contribution is 0.672. The van der Waals surface area contributed by atoms with E-state index in [0.717, 1.165) is 33.4 Å². The molecule has 54 heavy (non-hydrogen) atoms. The van der Waals surface area contributed by atoms with Crippen molar-refractivity contribution in [1.29, 1.82) is 0 Å². The Morgan fingerprint density at radius 2 is 0.833 bits per heavy atom. The zero-order valence-corrected chi connectivity index (χ0v) is 28.9. The van der Waals surface area contributed by atoms with E-state index in [-0.39, 0.29) is 74.2 Å². The lowest BCUT2D eigenvalue weighted by Crippen LogP contribution is -2.10. The molecule has 0 bridgehead atoms. The van der Waals surface area contributed by atoms with Gasteiger partial charge in [0, 0.05) is 22.1 Å². The van der Waals surface area contributed by atoms with Gasteiger partial charge in [0.1, 0.15) is 11.2 Å². The molecular formula is C52H35NO. The van der Waals surface area contributed by atoms with E-state index in [4.69, 9.17) is 12.6 Å². The molecule has 0 aliphatic heterocycles. The Kier molecular flexibility index (Phi) is 6.01. The van der Waals surface area contributed by atoms with Crippen LogP contribution in [-0.2, 0) is 0 Å². The minimum atomic E-state index is -0.468. The molecule has 10 aromatic rings. The molecule has 0 atom stereocenters. The van der Waals surface area contributed by atoms with Gasteiger partial charge < -0.3 is 9.32 Å². The second-order valence-corrected chi connectivity index (χ2v) is 13.1. The average Bonchev–Trinajstić information content (AvgIpc) is 3.72. The van der Waals surface area contributed by atoms with Crippen molar-refractivity contribution in [2.24, 2.45) is 0 Å². The Morgan fingerprint density at radius 1 is 0.389 bits per heavy atom. The Morgan fingerprint density at radius 3 is 1.35 bits per heavy atom. The molecule has 0 spiro atoms. The molecular weight excluding hydrogens is 655 g/mol. The maximum absolute atomic E-state index is 9.91. The van der Waals surface area contributed by atoms with Gasteiger partial charge in [-0.2, -0.15) is 0 Å². The molecule has 10 rings (SSSR count). The van der Waals surface area contributed by atoms with Crippen LogP contribution in [-0.4, -0.2) is 0 Å². The third-order valence-corrected chi connectivity index (χ3v) is 9.89. The molecule has 0 saturated heterocycles. The van der Waals surface area contributed by atoms with Crippen LogP contribution in [0.15, 0.2) is 217 Å². The maximum atomic E-state index is 9.91. The molecule has 0 amide bonds. The summed E-state index contributed by atoms with van der Waals surface area (Å²) in [5, 5.41) is 0.566. The Hall–Kier alpha value is -7.16. The molecule has 0 aliphatic rings. The van der Waals surface area contributed by atoms with E-state index in [2.05, 4.69) is 36.4 Å². The minimum Gasteiger partial charge on any atom is -0.455 e. The Labute approximate surface area is 326 Å². The highest BCUT2D eigenvalue weighted by molar-refractivity contribution is 6.22. The van der Waals surface area contributed by atoms with Crippen molar-refractivity contribution in [3.63, 3.8) is 0 Å². The molecule has 254 valence electrons. The number of hydrogen-bond acceptors (Lipinski definition) is 2. The van der Waals surface area contributed by atoms with Crippen molar-refractivity contribution in [2.45, 2.75) is 0 Å². The van der Waals surface area contributed by atoms with Gasteiger partial charge in [0.25, 0.3) is 0 Å². The van der Waals surface area contributed by atoms with Crippen molar-refractivity contribution in [1.82, 2.24) is 0 Å². The van der Waals surface area contributed by atoms with Crippen LogP contribution in [0.5, 0.6) is 0 Å². The number of furan rings is 1. The van der Waals surface area contributed by atoms with Gasteiger partial charge in [-0.15, -0.1) is 0 Å². The van der Waals surface area contributed by atoms with E-state index in [1.54, 1.807) is 24.3 Å². The molecule has 1 aromatic heterocycles. The predicted octanol–water partition coefficient (Wildman–Crippen LogP) is 14.9. The van der Waals surface area contributed by atoms with E-state index < -0.39 is 18.1 Å². The smallest absolute Gasteiger partial charge is 0.143 e. The summed E-state index contributed by atoms with van der Waals surface area (Å²) in [6, 6.07) is 50.5. The maximum Gasteiger partial charge on any atom is 0.143 e. The van der Waals surface area contributed by atoms with Gasteiger partial charge in [-0.05, 0) is 92.3 Å². The van der Waals surface area contributed by atoms with Crippen molar-refractivity contribution < 1.29 is 15.4 Å². The van der Waals surface area contributed by atoms with Gasteiger partial charge in [-0.25, -0.2) is 0 Å². The summed E-state index contributed by atoms with van der Waals surface area (Å²) in [6.07, 6.45) is 0. The molecule has 2 nitrogen and oxygen atoms in total. The molecule has 9 aromatic carbocycles. The second kappa shape index (κ2) is 13.4. The first-order chi connectivity index (χ1) is 30.1. The number of rotatable bonds is 7. The summed E-state index contributed by atoms with van der Waals surface area (Å²) in [6.45, 7) is 0. The molecule has 1 heterocycles. The van der Waals surface area contributed by atoms with Gasteiger partial charge in [-0.1, -0.05) is 170 Å². The second-order valence-electron chi connectivity index (χ2n) is 13.1. The first-order valence-corrected chi connectivity index (χ1v) is 17.8. The van der Waals surface area contributed by atoms with Gasteiger partial charge >= 0.3 is 0 Å². The van der Waals surface area contributed by atoms with Crippen LogP contribution in [0.3, 0.4) is 0 Å². The van der Waals surface area contributed by atoms with Crippen LogP contribution in [0.2, 0.25) is 0 Å². The fraction of sp³-hybridized carbons (Fsp3) is 0. The molecule has 0 saturated carbocycles. The van der Waals surface area contributed by atoms with E-state index in [9.17, 15) is 2.74 Å². The standard InChI is InChI=1S/C52H35NO/c1-4-13-36(14-5-1)38-23-25-39(26-24-38)41-29-33-44(34-30-41)53(43-31-27-40(28-32-43)37-15-6-2-7-16-37)49-21-12-22-50-51(49)48-35-47(42-17-8-3-9-18-42)45-19-10-11-20-46(45)52(48)54-50/h1-35H/i10D,11D,12D,19D,20D,21D,22D,35D. The van der Waals surface area contributed by atoms with Crippen LogP contribution in [0.1, 0.15) is 11.0 Å². The van der Waals surface area contributed by atoms with Crippen molar-refractivity contribution >= 4 is 49.8 Å². The summed E-state index contributed by atoms with van der Waals surface area (Å²) < 4.78 is 79.8. The average molecular weight is 698 g/mol. The van der Waals surface area contributed by atoms with Crippen LogP contribution in [0.4, 0.5) is 17.1 Å². The van der Waals surface area contributed by atoms with E-state index in [0.29, 0.717) is 16.9 Å². The predicted molar refractivity (Wildman–Crippen MR) is 228 cm³/mol. The van der Waals surface area contributed by atoms with Gasteiger partial charge in [0.2, 0.25) is 0 Å². The number of nitrogens with zero attached hydrogens (tertiary/aromatic N) is 1. The monoisotopic (exact) mass is 697 g/mol. The normalized spacial score (nSPS) is 13.4. The van der Waals surface area contributed by atoms with Gasteiger partial charge in [-0.3, -0.25) is 0 Å². The zero-order valence-electron chi connectivity index (χ0n) is 36.9. The Balaban J connectivity index is 1.25. The van der Waals surface area contributed by atoms with E-state index >= 15 is 0 Å². The quantitative estimate of drug-likeness (QED) is 0.165. The third-order valence-electron chi connectivity index (χ3n) is 9.89. The highest BCUT2D eigenvalue weighted by Crippen LogP contribution is 2.46. The van der Waals surface area contributed by atoms with Gasteiger partial charge in [0.05, 0.1) is 22.0 Å². The number of anilines is 3. The van der Waals surface area contributed by atoms with Crippen molar-refractivity contribution in [3.05, 3.63) is 212 Å². The van der Waals surface area contributed by atoms with Crippen LogP contribution >= 0.6 is 0 Å². The van der Waals surface area contributed by atoms with Crippen LogP contribution in [0, 0.1) is 0 Å².